The summed E-state index contributed by atoms with van der Waals surface area (Å²) in [7, 11) is 0. The summed E-state index contributed by atoms with van der Waals surface area (Å²) in [5, 5.41) is 3.70. The number of carbonyl (C=O) groups excluding carboxylic acids is 3. The highest BCUT2D eigenvalue weighted by Gasteiger charge is 2.30. The van der Waals surface area contributed by atoms with E-state index in [0.717, 1.165) is 30.6 Å². The number of anilines is 1. The number of thiophene rings is 1. The van der Waals surface area contributed by atoms with Gasteiger partial charge in [0.2, 0.25) is 11.8 Å². The van der Waals surface area contributed by atoms with Crippen LogP contribution in [-0.4, -0.2) is 48.7 Å². The molecule has 1 fully saturated rings. The van der Waals surface area contributed by atoms with Crippen molar-refractivity contribution >= 4 is 33.9 Å². The lowest BCUT2D eigenvalue weighted by molar-refractivity contribution is -0.123. The molecule has 1 aromatic heterocycles. The zero-order valence-electron chi connectivity index (χ0n) is 19.9. The maximum atomic E-state index is 13.6. The van der Waals surface area contributed by atoms with Crippen LogP contribution in [0.1, 0.15) is 59.5 Å². The van der Waals surface area contributed by atoms with Gasteiger partial charge in [-0.2, -0.15) is 0 Å². The Morgan fingerprint density at radius 1 is 1.15 bits per heavy atom. The minimum absolute atomic E-state index is 0.0623. The number of ether oxygens (including phenoxy) is 1. The number of nitrogens with two attached hydrogens (primary N) is 1. The average Bonchev–Trinajstić information content (AvgIpc) is 3.16. The van der Waals surface area contributed by atoms with Crippen LogP contribution in [0.2, 0.25) is 0 Å². The summed E-state index contributed by atoms with van der Waals surface area (Å²) in [5.74, 6) is 0.727. The summed E-state index contributed by atoms with van der Waals surface area (Å²) in [6.07, 6.45) is 4.17. The minimum atomic E-state index is -0.264. The highest BCUT2D eigenvalue weighted by Crippen LogP contribution is 2.41. The van der Waals surface area contributed by atoms with Crippen LogP contribution in [0.15, 0.2) is 24.3 Å². The third kappa shape index (κ3) is 5.50. The van der Waals surface area contributed by atoms with Crippen molar-refractivity contribution in [2.45, 2.75) is 46.0 Å². The Labute approximate surface area is 204 Å². The summed E-state index contributed by atoms with van der Waals surface area (Å²) in [4.78, 5) is 41.2. The number of primary amides is 1. The Morgan fingerprint density at radius 3 is 2.50 bits per heavy atom. The second kappa shape index (κ2) is 10.7. The minimum Gasteiger partial charge on any atom is -0.494 e. The fourth-order valence-electron chi connectivity index (χ4n) is 4.84. The quantitative estimate of drug-likeness (QED) is 0.558. The lowest BCUT2D eigenvalue weighted by Crippen LogP contribution is -2.42. The predicted octanol–water partition coefficient (Wildman–Crippen LogP) is 3.64. The van der Waals surface area contributed by atoms with E-state index in [0.29, 0.717) is 54.6 Å². The van der Waals surface area contributed by atoms with E-state index in [-0.39, 0.29) is 30.1 Å². The Hall–Kier alpha value is -2.71. The Morgan fingerprint density at radius 2 is 1.85 bits per heavy atom. The average molecular weight is 484 g/mol. The molecule has 1 aliphatic heterocycles. The van der Waals surface area contributed by atoms with Crippen LogP contribution in [0.5, 0.6) is 5.75 Å². The van der Waals surface area contributed by atoms with Crippen molar-refractivity contribution in [2.24, 2.45) is 17.6 Å². The molecule has 34 heavy (non-hydrogen) atoms. The number of rotatable bonds is 8. The second-order valence-corrected chi connectivity index (χ2v) is 10.4. The molecule has 1 saturated heterocycles. The maximum Gasteiger partial charge on any atom is 0.239 e. The molecule has 8 heteroatoms. The van der Waals surface area contributed by atoms with Crippen molar-refractivity contribution in [3.63, 3.8) is 0 Å². The molecule has 3 N–H and O–H groups in total. The molecule has 0 radical (unpaired) electrons. The van der Waals surface area contributed by atoms with Crippen LogP contribution >= 0.6 is 11.3 Å². The van der Waals surface area contributed by atoms with E-state index in [1.807, 2.05) is 24.0 Å². The molecule has 1 aromatic carbocycles. The number of hydrogen-bond donors (Lipinski definition) is 2. The SMILES string of the molecule is CCOc1ccc(C(=O)c2c(NC(=O)CN3CCC(C(N)=O)CC3)sc3c2CC[C@@H](C)C3)cc1. The Kier molecular flexibility index (Phi) is 7.68. The van der Waals surface area contributed by atoms with Crippen LogP contribution in [-0.2, 0) is 22.4 Å². The van der Waals surface area contributed by atoms with Crippen LogP contribution in [0.25, 0.3) is 0 Å². The fraction of sp³-hybridized carbons (Fsp3) is 0.500. The summed E-state index contributed by atoms with van der Waals surface area (Å²) < 4.78 is 5.51. The van der Waals surface area contributed by atoms with Gasteiger partial charge in [0.15, 0.2) is 5.78 Å². The second-order valence-electron chi connectivity index (χ2n) is 9.34. The van der Waals surface area contributed by atoms with Gasteiger partial charge >= 0.3 is 0 Å². The highest BCUT2D eigenvalue weighted by molar-refractivity contribution is 7.17. The summed E-state index contributed by atoms with van der Waals surface area (Å²) in [6, 6.07) is 7.20. The van der Waals surface area contributed by atoms with Gasteiger partial charge in [-0.05, 0) is 87.9 Å². The van der Waals surface area contributed by atoms with Crippen LogP contribution < -0.4 is 15.8 Å². The van der Waals surface area contributed by atoms with Gasteiger partial charge in [-0.1, -0.05) is 6.92 Å². The van der Waals surface area contributed by atoms with Crippen molar-refractivity contribution in [3.05, 3.63) is 45.8 Å². The molecular weight excluding hydrogens is 450 g/mol. The van der Waals surface area contributed by atoms with E-state index in [1.54, 1.807) is 12.1 Å². The van der Waals surface area contributed by atoms with Gasteiger partial charge in [-0.3, -0.25) is 19.3 Å². The Balaban J connectivity index is 1.52. The van der Waals surface area contributed by atoms with Crippen LogP contribution in [0.4, 0.5) is 5.00 Å². The van der Waals surface area contributed by atoms with Gasteiger partial charge in [0.25, 0.3) is 0 Å². The zero-order valence-corrected chi connectivity index (χ0v) is 20.7. The summed E-state index contributed by atoms with van der Waals surface area (Å²) in [6.45, 7) is 6.28. The van der Waals surface area contributed by atoms with Gasteiger partial charge in [-0.15, -0.1) is 11.3 Å². The monoisotopic (exact) mass is 483 g/mol. The number of amides is 2. The number of nitrogens with zero attached hydrogens (tertiary/aromatic N) is 1. The number of likely N-dealkylation sites (tertiary alicyclic amines) is 1. The predicted molar refractivity (Wildman–Crippen MR) is 134 cm³/mol. The van der Waals surface area contributed by atoms with Gasteiger partial charge in [0.05, 0.1) is 18.7 Å². The van der Waals surface area contributed by atoms with Gasteiger partial charge < -0.3 is 15.8 Å². The molecule has 0 saturated carbocycles. The first-order valence-electron chi connectivity index (χ1n) is 12.1. The normalized spacial score (nSPS) is 18.8. The van der Waals surface area contributed by atoms with Crippen molar-refractivity contribution in [1.29, 1.82) is 0 Å². The number of piperidine rings is 1. The molecule has 2 aromatic rings. The van der Waals surface area contributed by atoms with E-state index in [2.05, 4.69) is 12.2 Å². The van der Waals surface area contributed by atoms with E-state index in [4.69, 9.17) is 10.5 Å². The number of ketones is 1. The molecule has 4 rings (SSSR count). The third-order valence-corrected chi connectivity index (χ3v) is 7.95. The van der Waals surface area contributed by atoms with E-state index in [1.165, 1.54) is 16.2 Å². The van der Waals surface area contributed by atoms with Crippen molar-refractivity contribution in [1.82, 2.24) is 4.90 Å². The van der Waals surface area contributed by atoms with Crippen molar-refractivity contribution in [3.8, 4) is 5.75 Å². The van der Waals surface area contributed by atoms with Crippen LogP contribution in [0.3, 0.4) is 0 Å². The third-order valence-electron chi connectivity index (χ3n) is 6.78. The molecule has 1 aliphatic carbocycles. The Bertz CT molecular complexity index is 1050. The lowest BCUT2D eigenvalue weighted by Gasteiger charge is -2.29. The number of nitrogens with one attached hydrogen (secondary N) is 1. The molecular formula is C26H33N3O4S. The lowest BCUT2D eigenvalue weighted by atomic mass is 9.86. The largest absolute Gasteiger partial charge is 0.494 e. The zero-order chi connectivity index (χ0) is 24.2. The van der Waals surface area contributed by atoms with Gasteiger partial charge in [0, 0.05) is 16.4 Å². The first-order valence-corrected chi connectivity index (χ1v) is 12.9. The number of carbonyl (C=O) groups is 3. The van der Waals surface area contributed by atoms with Gasteiger partial charge in [-0.25, -0.2) is 0 Å². The molecule has 2 amide bonds. The van der Waals surface area contributed by atoms with Crippen molar-refractivity contribution < 1.29 is 19.1 Å². The molecule has 0 spiro atoms. The molecule has 0 unspecified atom stereocenters. The molecule has 7 nitrogen and oxygen atoms in total. The van der Waals surface area contributed by atoms with Crippen LogP contribution in [0, 0.1) is 11.8 Å². The van der Waals surface area contributed by atoms with Gasteiger partial charge in [0.1, 0.15) is 10.8 Å². The van der Waals surface area contributed by atoms with E-state index < -0.39 is 0 Å². The molecule has 1 atom stereocenters. The standard InChI is InChI=1S/C26H33N3O4S/c1-3-33-19-7-5-17(6-8-19)24(31)23-20-9-4-16(2)14-21(20)34-26(23)28-22(30)15-29-12-10-18(11-13-29)25(27)32/h5-8,16,18H,3-4,9-15H2,1-2H3,(H2,27,32)(H,28,30)/t16-/m1/s1. The molecule has 2 aliphatic rings. The smallest absolute Gasteiger partial charge is 0.239 e. The first kappa shape index (κ1) is 24.4. The maximum absolute atomic E-state index is 13.6. The number of hydrogen-bond acceptors (Lipinski definition) is 6. The summed E-state index contributed by atoms with van der Waals surface area (Å²) in [5.41, 5.74) is 7.72. The highest BCUT2D eigenvalue weighted by atomic mass is 32.1. The first-order chi connectivity index (χ1) is 16.4. The van der Waals surface area contributed by atoms with E-state index >= 15 is 0 Å². The molecule has 2 heterocycles. The van der Waals surface area contributed by atoms with E-state index in [9.17, 15) is 14.4 Å². The number of benzene rings is 1. The topological polar surface area (TPSA) is 102 Å². The molecule has 0 bridgehead atoms. The fourth-order valence-corrected chi connectivity index (χ4v) is 6.26. The van der Waals surface area contributed by atoms with Crippen molar-refractivity contribution in [2.75, 3.05) is 31.6 Å². The summed E-state index contributed by atoms with van der Waals surface area (Å²) >= 11 is 1.54. The number of fused-ring (bicyclic) bond motifs is 1. The molecule has 182 valence electrons.